The highest BCUT2D eigenvalue weighted by atomic mass is 16.3. The zero-order valence-electron chi connectivity index (χ0n) is 13.3. The van der Waals surface area contributed by atoms with Crippen molar-refractivity contribution in [1.29, 1.82) is 0 Å². The fraction of sp³-hybridized carbons (Fsp3) is 0.833. The summed E-state index contributed by atoms with van der Waals surface area (Å²) >= 11 is 0. The molecule has 0 saturated heterocycles. The van der Waals surface area contributed by atoms with Gasteiger partial charge in [0.2, 0.25) is 0 Å². The van der Waals surface area contributed by atoms with Crippen LogP contribution in [0.1, 0.15) is 85.0 Å². The second kappa shape index (κ2) is 13.9. The summed E-state index contributed by atoms with van der Waals surface area (Å²) in [5.41, 5.74) is 3.23. The minimum absolute atomic E-state index is 0.196. The summed E-state index contributed by atoms with van der Waals surface area (Å²) in [6, 6.07) is 0. The standard InChI is InChI=1S/C18H34O/c1-4-6-8-10-11-12-13-15-17(3)18(19)16-14-9-7-5-2/h12,15,17-19H,4-11,14,16H2,1-3H3/t13?,17-,18?/m0/s1. The molecule has 1 heteroatoms. The summed E-state index contributed by atoms with van der Waals surface area (Å²) in [5.74, 6) is 0.230. The highest BCUT2D eigenvalue weighted by Crippen LogP contribution is 2.13. The Morgan fingerprint density at radius 1 is 0.947 bits per heavy atom. The predicted octanol–water partition coefficient (Wildman–Crippen LogP) is 5.64. The van der Waals surface area contributed by atoms with E-state index in [1.54, 1.807) is 0 Å². The molecule has 2 atom stereocenters. The number of aliphatic hydroxyl groups is 1. The summed E-state index contributed by atoms with van der Waals surface area (Å²) in [6.07, 6.45) is 16.2. The van der Waals surface area contributed by atoms with Crippen LogP contribution in [0.5, 0.6) is 0 Å². The molecule has 19 heavy (non-hydrogen) atoms. The molecule has 0 aromatic rings. The molecule has 0 fully saturated rings. The van der Waals surface area contributed by atoms with Gasteiger partial charge in [-0.3, -0.25) is 0 Å². The van der Waals surface area contributed by atoms with E-state index < -0.39 is 0 Å². The van der Waals surface area contributed by atoms with Crippen LogP contribution in [0.25, 0.3) is 0 Å². The van der Waals surface area contributed by atoms with Crippen LogP contribution in [-0.4, -0.2) is 11.2 Å². The molecule has 0 aliphatic carbocycles. The average Bonchev–Trinajstić information content (AvgIpc) is 2.42. The van der Waals surface area contributed by atoms with Crippen molar-refractivity contribution in [3.05, 3.63) is 17.9 Å². The van der Waals surface area contributed by atoms with Gasteiger partial charge in [0.1, 0.15) is 0 Å². The maximum absolute atomic E-state index is 10.0. The first-order valence-corrected chi connectivity index (χ1v) is 8.31. The molecule has 0 rings (SSSR count). The quantitative estimate of drug-likeness (QED) is 0.358. The van der Waals surface area contributed by atoms with Crippen LogP contribution in [0.4, 0.5) is 0 Å². The molecule has 1 unspecified atom stereocenters. The van der Waals surface area contributed by atoms with Gasteiger partial charge in [0.15, 0.2) is 0 Å². The summed E-state index contributed by atoms with van der Waals surface area (Å²) in [6.45, 7) is 6.54. The Morgan fingerprint density at radius 3 is 2.21 bits per heavy atom. The molecular formula is C18H34O. The Bertz CT molecular complexity index is 238. The van der Waals surface area contributed by atoms with Gasteiger partial charge in [-0.25, -0.2) is 0 Å². The van der Waals surface area contributed by atoms with Crippen molar-refractivity contribution in [2.24, 2.45) is 5.92 Å². The first kappa shape index (κ1) is 18.5. The van der Waals surface area contributed by atoms with Gasteiger partial charge in [-0.1, -0.05) is 65.7 Å². The molecule has 112 valence electrons. The number of rotatable bonds is 12. The lowest BCUT2D eigenvalue weighted by atomic mass is 9.98. The fourth-order valence-corrected chi connectivity index (χ4v) is 2.13. The Kier molecular flexibility index (Phi) is 13.5. The van der Waals surface area contributed by atoms with Gasteiger partial charge in [-0.2, -0.15) is 0 Å². The van der Waals surface area contributed by atoms with Crippen LogP contribution < -0.4 is 0 Å². The van der Waals surface area contributed by atoms with E-state index in [-0.39, 0.29) is 12.0 Å². The van der Waals surface area contributed by atoms with Gasteiger partial charge < -0.3 is 5.11 Å². The molecule has 0 aliphatic heterocycles. The van der Waals surface area contributed by atoms with Gasteiger partial charge >= 0.3 is 0 Å². The SMILES string of the molecule is CCCCCCC=C=C[C@H](C)C(O)CCCCCC. The number of hydrogen-bond acceptors (Lipinski definition) is 1. The lowest BCUT2D eigenvalue weighted by Gasteiger charge is -2.14. The largest absolute Gasteiger partial charge is 0.393 e. The van der Waals surface area contributed by atoms with E-state index in [4.69, 9.17) is 0 Å². The van der Waals surface area contributed by atoms with Gasteiger partial charge in [0, 0.05) is 5.92 Å². The van der Waals surface area contributed by atoms with Crippen molar-refractivity contribution in [3.8, 4) is 0 Å². The second-order valence-corrected chi connectivity index (χ2v) is 5.66. The van der Waals surface area contributed by atoms with Crippen LogP contribution in [0.15, 0.2) is 17.9 Å². The first-order chi connectivity index (χ1) is 9.22. The molecule has 1 N–H and O–H groups in total. The van der Waals surface area contributed by atoms with E-state index in [9.17, 15) is 5.11 Å². The zero-order valence-corrected chi connectivity index (χ0v) is 13.3. The van der Waals surface area contributed by atoms with E-state index in [2.05, 4.69) is 32.6 Å². The van der Waals surface area contributed by atoms with Gasteiger partial charge in [-0.05, 0) is 31.4 Å². The molecule has 0 aromatic carbocycles. The van der Waals surface area contributed by atoms with Crippen LogP contribution in [0, 0.1) is 5.92 Å². The lowest BCUT2D eigenvalue weighted by molar-refractivity contribution is 0.125. The van der Waals surface area contributed by atoms with Gasteiger partial charge in [-0.15, -0.1) is 5.73 Å². The average molecular weight is 266 g/mol. The molecule has 0 radical (unpaired) electrons. The van der Waals surface area contributed by atoms with E-state index in [1.165, 1.54) is 44.9 Å². The Balaban J connectivity index is 3.68. The Hall–Kier alpha value is -0.520. The number of aliphatic hydroxyl groups excluding tert-OH is 1. The van der Waals surface area contributed by atoms with Crippen LogP contribution in [0.2, 0.25) is 0 Å². The third-order valence-electron chi connectivity index (χ3n) is 3.64. The minimum atomic E-state index is -0.196. The smallest absolute Gasteiger partial charge is 0.0606 e. The lowest BCUT2D eigenvalue weighted by Crippen LogP contribution is -2.15. The molecule has 0 spiro atoms. The molecule has 0 amide bonds. The van der Waals surface area contributed by atoms with Crippen LogP contribution in [0.3, 0.4) is 0 Å². The molecule has 0 heterocycles. The molecule has 0 aromatic heterocycles. The minimum Gasteiger partial charge on any atom is -0.393 e. The first-order valence-electron chi connectivity index (χ1n) is 8.31. The van der Waals surface area contributed by atoms with Crippen molar-refractivity contribution in [1.82, 2.24) is 0 Å². The van der Waals surface area contributed by atoms with Crippen molar-refractivity contribution >= 4 is 0 Å². The third-order valence-corrected chi connectivity index (χ3v) is 3.64. The van der Waals surface area contributed by atoms with E-state index >= 15 is 0 Å². The van der Waals surface area contributed by atoms with Gasteiger partial charge in [0.25, 0.3) is 0 Å². The summed E-state index contributed by atoms with van der Waals surface area (Å²) < 4.78 is 0. The van der Waals surface area contributed by atoms with Crippen molar-refractivity contribution < 1.29 is 5.11 Å². The zero-order chi connectivity index (χ0) is 14.3. The van der Waals surface area contributed by atoms with Crippen LogP contribution >= 0.6 is 0 Å². The molecule has 0 saturated carbocycles. The predicted molar refractivity (Wildman–Crippen MR) is 85.3 cm³/mol. The summed E-state index contributed by atoms with van der Waals surface area (Å²) in [5, 5.41) is 10.0. The van der Waals surface area contributed by atoms with Crippen molar-refractivity contribution in [2.75, 3.05) is 0 Å². The molecular weight excluding hydrogens is 232 g/mol. The van der Waals surface area contributed by atoms with E-state index in [0.29, 0.717) is 0 Å². The maximum atomic E-state index is 10.0. The topological polar surface area (TPSA) is 20.2 Å². The molecule has 1 nitrogen and oxygen atoms in total. The van der Waals surface area contributed by atoms with E-state index in [1.807, 2.05) is 6.08 Å². The van der Waals surface area contributed by atoms with Gasteiger partial charge in [0.05, 0.1) is 6.10 Å². The maximum Gasteiger partial charge on any atom is 0.0606 e. The molecule has 0 bridgehead atoms. The number of unbranched alkanes of at least 4 members (excludes halogenated alkanes) is 7. The highest BCUT2D eigenvalue weighted by molar-refractivity contribution is 4.90. The normalized spacial score (nSPS) is 13.7. The third kappa shape index (κ3) is 12.3. The van der Waals surface area contributed by atoms with Crippen molar-refractivity contribution in [3.63, 3.8) is 0 Å². The highest BCUT2D eigenvalue weighted by Gasteiger charge is 2.10. The van der Waals surface area contributed by atoms with E-state index in [0.717, 1.165) is 19.3 Å². The number of hydrogen-bond donors (Lipinski definition) is 1. The fourth-order valence-electron chi connectivity index (χ4n) is 2.13. The monoisotopic (exact) mass is 266 g/mol. The van der Waals surface area contributed by atoms with Crippen molar-refractivity contribution in [2.45, 2.75) is 91.1 Å². The second-order valence-electron chi connectivity index (χ2n) is 5.66. The summed E-state index contributed by atoms with van der Waals surface area (Å²) in [4.78, 5) is 0. The Labute approximate surface area is 120 Å². The van der Waals surface area contributed by atoms with Crippen LogP contribution in [-0.2, 0) is 0 Å². The Morgan fingerprint density at radius 2 is 1.58 bits per heavy atom. The summed E-state index contributed by atoms with van der Waals surface area (Å²) in [7, 11) is 0. The molecule has 0 aliphatic rings.